The van der Waals surface area contributed by atoms with Gasteiger partial charge >= 0.3 is 0 Å². The van der Waals surface area contributed by atoms with E-state index in [0.29, 0.717) is 11.4 Å². The fourth-order valence-electron chi connectivity index (χ4n) is 1.52. The molecule has 0 bridgehead atoms. The van der Waals surface area contributed by atoms with E-state index in [1.807, 2.05) is 0 Å². The second-order valence-corrected chi connectivity index (χ2v) is 5.73. The summed E-state index contributed by atoms with van der Waals surface area (Å²) < 4.78 is 40.6. The van der Waals surface area contributed by atoms with Crippen molar-refractivity contribution in [3.63, 3.8) is 0 Å². The second kappa shape index (κ2) is 4.98. The van der Waals surface area contributed by atoms with Gasteiger partial charge in [0.15, 0.2) is 0 Å². The summed E-state index contributed by atoms with van der Waals surface area (Å²) in [7, 11) is -2.12. The number of nitrogen functional groups attached to an aromatic ring is 1. The van der Waals surface area contributed by atoms with Gasteiger partial charge in [0.05, 0.1) is 11.1 Å². The molecule has 0 unspecified atom stereocenters. The Labute approximate surface area is 110 Å². The zero-order chi connectivity index (χ0) is 14.0. The van der Waals surface area contributed by atoms with Gasteiger partial charge in [-0.1, -0.05) is 6.07 Å². The molecule has 1 heterocycles. The lowest BCUT2D eigenvalue weighted by molar-refractivity contribution is 0.577. The molecule has 2 rings (SSSR count). The van der Waals surface area contributed by atoms with Crippen molar-refractivity contribution in [2.75, 3.05) is 5.73 Å². The van der Waals surface area contributed by atoms with Gasteiger partial charge in [-0.05, 0) is 18.2 Å². The number of aromatic nitrogens is 2. The number of hydrogen-bond acceptors (Lipinski definition) is 4. The third-order valence-electron chi connectivity index (χ3n) is 2.62. The third-order valence-corrected chi connectivity index (χ3v) is 4.02. The molecule has 102 valence electrons. The van der Waals surface area contributed by atoms with Gasteiger partial charge in [-0.15, -0.1) is 0 Å². The van der Waals surface area contributed by atoms with Crippen LogP contribution < -0.4 is 10.5 Å². The predicted molar refractivity (Wildman–Crippen MR) is 68.0 cm³/mol. The van der Waals surface area contributed by atoms with Crippen LogP contribution in [0.15, 0.2) is 35.4 Å². The highest BCUT2D eigenvalue weighted by Crippen LogP contribution is 2.13. The van der Waals surface area contributed by atoms with Crippen LogP contribution in [-0.2, 0) is 23.6 Å². The first kappa shape index (κ1) is 13.5. The minimum Gasteiger partial charge on any atom is -0.384 e. The first-order valence-corrected chi connectivity index (χ1v) is 6.90. The van der Waals surface area contributed by atoms with E-state index >= 15 is 0 Å². The van der Waals surface area contributed by atoms with Crippen molar-refractivity contribution in [2.24, 2.45) is 7.05 Å². The molecule has 0 aliphatic heterocycles. The highest BCUT2D eigenvalue weighted by Gasteiger charge is 2.15. The summed E-state index contributed by atoms with van der Waals surface area (Å²) in [6, 6.07) is 4.79. The highest BCUT2D eigenvalue weighted by molar-refractivity contribution is 7.89. The number of aryl methyl sites for hydroxylation is 1. The molecule has 1 aromatic heterocycles. The maximum absolute atomic E-state index is 13.0. The van der Waals surface area contributed by atoms with E-state index in [1.54, 1.807) is 7.05 Å². The summed E-state index contributed by atoms with van der Waals surface area (Å²) in [4.78, 5) is -0.130. The van der Waals surface area contributed by atoms with E-state index in [2.05, 4.69) is 9.82 Å². The van der Waals surface area contributed by atoms with Crippen molar-refractivity contribution in [2.45, 2.75) is 11.4 Å². The average molecular weight is 284 g/mol. The third kappa shape index (κ3) is 2.91. The molecule has 0 saturated carbocycles. The Hall–Kier alpha value is -1.93. The number of benzene rings is 1. The van der Waals surface area contributed by atoms with E-state index in [1.165, 1.54) is 29.1 Å². The number of nitrogens with one attached hydrogen (secondary N) is 1. The average Bonchev–Trinajstić information content (AvgIpc) is 2.68. The molecular weight excluding hydrogens is 271 g/mol. The van der Waals surface area contributed by atoms with Gasteiger partial charge < -0.3 is 5.73 Å². The molecule has 0 spiro atoms. The summed E-state index contributed by atoms with van der Waals surface area (Å²) in [6.45, 7) is -0.00147. The number of anilines is 1. The topological polar surface area (TPSA) is 90.0 Å². The van der Waals surface area contributed by atoms with Crippen LogP contribution in [0.1, 0.15) is 5.56 Å². The van der Waals surface area contributed by atoms with Gasteiger partial charge in [-0.3, -0.25) is 4.68 Å². The Morgan fingerprint density at radius 1 is 1.47 bits per heavy atom. The van der Waals surface area contributed by atoms with E-state index in [-0.39, 0.29) is 11.4 Å². The van der Waals surface area contributed by atoms with Crippen LogP contribution in [0.3, 0.4) is 0 Å². The Morgan fingerprint density at radius 3 is 2.79 bits per heavy atom. The molecule has 3 N–H and O–H groups in total. The summed E-state index contributed by atoms with van der Waals surface area (Å²) in [5.41, 5.74) is 6.26. The van der Waals surface area contributed by atoms with Crippen molar-refractivity contribution in [3.05, 3.63) is 41.8 Å². The van der Waals surface area contributed by atoms with Gasteiger partial charge in [-0.25, -0.2) is 17.5 Å². The molecule has 0 radical (unpaired) electrons. The number of rotatable bonds is 4. The molecule has 0 fully saturated rings. The lowest BCUT2D eigenvalue weighted by Gasteiger charge is -2.06. The Kier molecular flexibility index (Phi) is 3.54. The monoisotopic (exact) mass is 284 g/mol. The lowest BCUT2D eigenvalue weighted by Crippen LogP contribution is -2.23. The fraction of sp³-hybridized carbons (Fsp3) is 0.182. The van der Waals surface area contributed by atoms with Crippen molar-refractivity contribution >= 4 is 15.8 Å². The van der Waals surface area contributed by atoms with Gasteiger partial charge in [0.2, 0.25) is 10.0 Å². The maximum Gasteiger partial charge on any atom is 0.240 e. The number of sulfonamides is 1. The number of nitrogens with two attached hydrogens (primary N) is 1. The Morgan fingerprint density at radius 2 is 2.21 bits per heavy atom. The van der Waals surface area contributed by atoms with Gasteiger partial charge in [-0.2, -0.15) is 5.10 Å². The van der Waals surface area contributed by atoms with Crippen LogP contribution in [0.4, 0.5) is 10.2 Å². The zero-order valence-corrected chi connectivity index (χ0v) is 11.0. The first-order valence-electron chi connectivity index (χ1n) is 5.42. The molecule has 19 heavy (non-hydrogen) atoms. The Balaban J connectivity index is 2.17. The maximum atomic E-state index is 13.0. The smallest absolute Gasteiger partial charge is 0.240 e. The minimum atomic E-state index is -3.77. The first-order chi connectivity index (χ1) is 8.90. The summed E-state index contributed by atoms with van der Waals surface area (Å²) in [6.07, 6.45) is 1.48. The second-order valence-electron chi connectivity index (χ2n) is 3.96. The number of nitrogens with zero attached hydrogens (tertiary/aromatic N) is 2. The van der Waals surface area contributed by atoms with Crippen LogP contribution in [0.5, 0.6) is 0 Å². The SMILES string of the molecule is Cn1ncc(CNS(=O)(=O)c2cccc(F)c2)c1N. The standard InChI is InChI=1S/C11H13FN4O2S/c1-16-11(13)8(6-14-16)7-15-19(17,18)10-4-2-3-9(12)5-10/h2-6,15H,7,13H2,1H3. The minimum absolute atomic E-state index is 0.00147. The van der Waals surface area contributed by atoms with E-state index in [0.717, 1.165) is 6.07 Å². The van der Waals surface area contributed by atoms with Gasteiger partial charge in [0, 0.05) is 19.2 Å². The predicted octanol–water partition coefficient (Wildman–Crippen LogP) is 0.620. The summed E-state index contributed by atoms with van der Waals surface area (Å²) >= 11 is 0. The van der Waals surface area contributed by atoms with E-state index < -0.39 is 15.8 Å². The van der Waals surface area contributed by atoms with Crippen LogP contribution >= 0.6 is 0 Å². The fourth-order valence-corrected chi connectivity index (χ4v) is 2.56. The molecule has 0 aliphatic carbocycles. The highest BCUT2D eigenvalue weighted by atomic mass is 32.2. The van der Waals surface area contributed by atoms with Crippen molar-refractivity contribution < 1.29 is 12.8 Å². The van der Waals surface area contributed by atoms with Gasteiger partial charge in [0.25, 0.3) is 0 Å². The number of hydrogen-bond donors (Lipinski definition) is 2. The molecule has 0 saturated heterocycles. The molecule has 0 aliphatic rings. The van der Waals surface area contributed by atoms with Crippen molar-refractivity contribution in [3.8, 4) is 0 Å². The van der Waals surface area contributed by atoms with Crippen LogP contribution in [0, 0.1) is 5.82 Å². The molecule has 2 aromatic rings. The van der Waals surface area contributed by atoms with Crippen molar-refractivity contribution in [1.82, 2.24) is 14.5 Å². The van der Waals surface area contributed by atoms with E-state index in [4.69, 9.17) is 5.73 Å². The van der Waals surface area contributed by atoms with E-state index in [9.17, 15) is 12.8 Å². The zero-order valence-electron chi connectivity index (χ0n) is 10.2. The van der Waals surface area contributed by atoms with Crippen LogP contribution in [-0.4, -0.2) is 18.2 Å². The lowest BCUT2D eigenvalue weighted by atomic mass is 10.3. The normalized spacial score (nSPS) is 11.7. The summed E-state index contributed by atoms with van der Waals surface area (Å²) in [5, 5.41) is 3.90. The molecule has 0 amide bonds. The van der Waals surface area contributed by atoms with Crippen molar-refractivity contribution in [1.29, 1.82) is 0 Å². The number of halogens is 1. The molecular formula is C11H13FN4O2S. The Bertz CT molecular complexity index is 696. The molecule has 1 aromatic carbocycles. The molecule has 6 nitrogen and oxygen atoms in total. The van der Waals surface area contributed by atoms with Crippen LogP contribution in [0.2, 0.25) is 0 Å². The largest absolute Gasteiger partial charge is 0.384 e. The van der Waals surface area contributed by atoms with Crippen LogP contribution in [0.25, 0.3) is 0 Å². The van der Waals surface area contributed by atoms with Gasteiger partial charge in [0.1, 0.15) is 11.6 Å². The molecule has 8 heteroatoms. The summed E-state index contributed by atoms with van der Waals surface area (Å²) in [5.74, 6) is -0.231. The quantitative estimate of drug-likeness (QED) is 0.861. The molecule has 0 atom stereocenters.